The monoisotopic (exact) mass is 645 g/mol. The molecule has 43 heavy (non-hydrogen) atoms. The molecule has 3 atom stereocenters. The number of halogens is 6. The van der Waals surface area contributed by atoms with Gasteiger partial charge in [-0.15, -0.1) is 11.3 Å². The highest BCUT2D eigenvalue weighted by molar-refractivity contribution is 7.57. The van der Waals surface area contributed by atoms with E-state index in [1.165, 1.54) is 37.3 Å². The smallest absolute Gasteiger partial charge is 0.355 e. The molecule has 3 aromatic carbocycles. The van der Waals surface area contributed by atoms with Gasteiger partial charge < -0.3 is 14.0 Å². The maximum atomic E-state index is 16.0. The molecule has 0 aliphatic rings. The Balaban J connectivity index is 1.63. The Morgan fingerprint density at radius 3 is 2.19 bits per heavy atom. The third-order valence-corrected chi connectivity index (χ3v) is 9.06. The first-order valence-corrected chi connectivity index (χ1v) is 15.1. The third-order valence-electron chi connectivity index (χ3n) is 5.84. The summed E-state index contributed by atoms with van der Waals surface area (Å²) in [6.45, 7) is 3.20. The van der Waals surface area contributed by atoms with Crippen molar-refractivity contribution in [3.8, 4) is 11.5 Å². The van der Waals surface area contributed by atoms with Crippen LogP contribution in [0.4, 0.5) is 26.3 Å². The minimum atomic E-state index is -4.55. The number of fused-ring (bicyclic) bond motifs is 1. The first kappa shape index (κ1) is 32.1. The van der Waals surface area contributed by atoms with Crippen LogP contribution in [0.5, 0.6) is 11.5 Å². The van der Waals surface area contributed by atoms with Crippen LogP contribution in [-0.4, -0.2) is 24.6 Å². The Labute approximate surface area is 244 Å². The van der Waals surface area contributed by atoms with Crippen LogP contribution in [0.25, 0.3) is 10.1 Å². The fourth-order valence-electron chi connectivity index (χ4n) is 3.75. The van der Waals surface area contributed by atoms with Crippen LogP contribution < -0.4 is 14.3 Å². The van der Waals surface area contributed by atoms with E-state index >= 15 is 4.39 Å². The highest BCUT2D eigenvalue weighted by atomic mass is 32.1. The van der Waals surface area contributed by atoms with Gasteiger partial charge in [0.1, 0.15) is 16.7 Å². The summed E-state index contributed by atoms with van der Waals surface area (Å²) in [7, 11) is -4.55. The second-order valence-corrected chi connectivity index (χ2v) is 12.2. The molecule has 0 amide bonds. The van der Waals surface area contributed by atoms with Gasteiger partial charge >= 0.3 is 19.5 Å². The van der Waals surface area contributed by atoms with E-state index in [2.05, 4.69) is 9.82 Å². The number of esters is 2. The van der Waals surface area contributed by atoms with Gasteiger partial charge in [0.2, 0.25) is 40.7 Å². The number of carbonyl (C=O) groups excluding carboxylic acids is 2. The van der Waals surface area contributed by atoms with Gasteiger partial charge in [-0.3, -0.25) is 9.36 Å². The lowest BCUT2D eigenvalue weighted by molar-refractivity contribution is -0.145. The molecule has 228 valence electrons. The Bertz CT molecular complexity index is 1690. The van der Waals surface area contributed by atoms with Gasteiger partial charge in [0.25, 0.3) is 0 Å². The summed E-state index contributed by atoms with van der Waals surface area (Å²) < 4.78 is 114. The molecular weight excluding hydrogens is 623 g/mol. The molecule has 0 fully saturated rings. The number of nitrogens with one attached hydrogen (secondary N) is 1. The Morgan fingerprint density at radius 2 is 1.56 bits per heavy atom. The number of rotatable bonds is 11. The second-order valence-electron chi connectivity index (χ2n) is 9.05. The van der Waals surface area contributed by atoms with Gasteiger partial charge in [0.15, 0.2) is 0 Å². The average Bonchev–Trinajstić information content (AvgIpc) is 3.43. The summed E-state index contributed by atoms with van der Waals surface area (Å²) in [5.41, 5.74) is -0.189. The van der Waals surface area contributed by atoms with E-state index in [0.717, 1.165) is 17.4 Å². The molecule has 1 heterocycles. The van der Waals surface area contributed by atoms with Crippen LogP contribution in [-0.2, 0) is 14.1 Å². The van der Waals surface area contributed by atoms with E-state index in [0.29, 0.717) is 11.1 Å². The van der Waals surface area contributed by atoms with Gasteiger partial charge in [-0.1, -0.05) is 31.2 Å². The molecule has 0 spiro atoms. The van der Waals surface area contributed by atoms with Crippen LogP contribution in [0.3, 0.4) is 0 Å². The van der Waals surface area contributed by atoms with Crippen molar-refractivity contribution in [2.24, 2.45) is 0 Å². The molecule has 4 aromatic rings. The summed E-state index contributed by atoms with van der Waals surface area (Å²) in [6, 6.07) is 11.4. The molecule has 1 aromatic heterocycles. The lowest BCUT2D eigenvalue weighted by atomic mass is 10.2. The first-order chi connectivity index (χ1) is 20.4. The molecular formula is C28H22F6NO6PS. The number of ether oxygens (including phenoxy) is 2. The lowest BCUT2D eigenvalue weighted by Crippen LogP contribution is -2.35. The van der Waals surface area contributed by atoms with Crippen molar-refractivity contribution in [3.05, 3.63) is 94.1 Å². The quantitative estimate of drug-likeness (QED) is 0.0442. The van der Waals surface area contributed by atoms with Gasteiger partial charge in [-0.05, 0) is 54.6 Å². The Morgan fingerprint density at radius 1 is 0.930 bits per heavy atom. The molecule has 7 nitrogen and oxygen atoms in total. The van der Waals surface area contributed by atoms with E-state index in [1.807, 2.05) is 0 Å². The van der Waals surface area contributed by atoms with Crippen molar-refractivity contribution in [1.82, 2.24) is 5.09 Å². The highest BCUT2D eigenvalue weighted by Crippen LogP contribution is 2.58. The summed E-state index contributed by atoms with van der Waals surface area (Å²) in [5.74, 6) is -18.0. The summed E-state index contributed by atoms with van der Waals surface area (Å²) in [5, 5.41) is 2.62. The molecule has 0 unspecified atom stereocenters. The predicted octanol–water partition coefficient (Wildman–Crippen LogP) is 7.99. The highest BCUT2D eigenvalue weighted by Gasteiger charge is 2.41. The van der Waals surface area contributed by atoms with E-state index in [9.17, 15) is 36.1 Å². The zero-order valence-electron chi connectivity index (χ0n) is 22.3. The van der Waals surface area contributed by atoms with E-state index < -0.39 is 66.2 Å². The largest absolute Gasteiger partial charge is 0.465 e. The van der Waals surface area contributed by atoms with Crippen molar-refractivity contribution in [2.45, 2.75) is 32.2 Å². The van der Waals surface area contributed by atoms with Crippen LogP contribution in [0.1, 0.15) is 41.4 Å². The van der Waals surface area contributed by atoms with Gasteiger partial charge in [0.05, 0.1) is 6.61 Å². The standard InChI is InChI=1S/C28H22F6NO6PS/c1-3-11-39-27(36)14(2)35-42(38,41-17-7-5-4-6-8-17)26(34)15-9-10-18-16(12-15)13-19(43-18)28(37)40-25-23(32)21(30)20(29)22(31)24(25)33/h4-10,12-14,26H,3,11H2,1-2H3,(H,35,38)/t14-,26-,42+/m0/s1. The summed E-state index contributed by atoms with van der Waals surface area (Å²) >= 11 is 0.720. The summed E-state index contributed by atoms with van der Waals surface area (Å²) in [4.78, 5) is 24.6. The van der Waals surface area contributed by atoms with Gasteiger partial charge in [-0.25, -0.2) is 27.4 Å². The fraction of sp³-hybridized carbons (Fsp3) is 0.214. The second kappa shape index (κ2) is 13.2. The SMILES string of the molecule is CCCOC(=O)[C@H](C)N[P@](=O)(Oc1ccccc1)[C@H](F)c1ccc2sc(C(=O)Oc3c(F)c(F)c(F)c(F)c3F)cc2c1. The number of para-hydroxylation sites is 1. The molecule has 0 saturated heterocycles. The minimum absolute atomic E-state index is 0.0462. The van der Waals surface area contributed by atoms with E-state index in [1.54, 1.807) is 25.1 Å². The number of benzene rings is 3. The normalized spacial score (nSPS) is 14.1. The zero-order chi connectivity index (χ0) is 31.5. The van der Waals surface area contributed by atoms with Crippen molar-refractivity contribution >= 4 is 40.9 Å². The van der Waals surface area contributed by atoms with Crippen molar-refractivity contribution in [1.29, 1.82) is 0 Å². The third kappa shape index (κ3) is 6.87. The van der Waals surface area contributed by atoms with E-state index in [4.69, 9.17) is 9.26 Å². The zero-order valence-corrected chi connectivity index (χ0v) is 24.0. The molecule has 0 aliphatic heterocycles. The van der Waals surface area contributed by atoms with Crippen molar-refractivity contribution < 1.29 is 54.5 Å². The maximum absolute atomic E-state index is 16.0. The number of hydrogen-bond donors (Lipinski definition) is 1. The molecule has 0 radical (unpaired) electrons. The molecule has 0 bridgehead atoms. The molecule has 0 saturated carbocycles. The minimum Gasteiger partial charge on any atom is -0.465 e. The Hall–Kier alpha value is -3.87. The van der Waals surface area contributed by atoms with Crippen LogP contribution in [0, 0.1) is 29.1 Å². The average molecular weight is 646 g/mol. The van der Waals surface area contributed by atoms with Crippen LogP contribution >= 0.6 is 18.9 Å². The molecule has 1 N–H and O–H groups in total. The van der Waals surface area contributed by atoms with Crippen LogP contribution in [0.15, 0.2) is 54.6 Å². The van der Waals surface area contributed by atoms with Crippen molar-refractivity contribution in [3.63, 3.8) is 0 Å². The summed E-state index contributed by atoms with van der Waals surface area (Å²) in [6.07, 6.45) is 0.528. The van der Waals surface area contributed by atoms with Gasteiger partial charge in [-0.2, -0.15) is 8.78 Å². The topological polar surface area (TPSA) is 90.9 Å². The Kier molecular flexibility index (Phi) is 9.83. The number of alkyl halides is 1. The van der Waals surface area contributed by atoms with E-state index in [-0.39, 0.29) is 28.2 Å². The molecule has 4 rings (SSSR count). The van der Waals surface area contributed by atoms with Crippen molar-refractivity contribution in [2.75, 3.05) is 6.61 Å². The van der Waals surface area contributed by atoms with Gasteiger partial charge in [0, 0.05) is 4.70 Å². The molecule has 15 heteroatoms. The first-order valence-electron chi connectivity index (χ1n) is 12.6. The molecule has 0 aliphatic carbocycles. The fourth-order valence-corrected chi connectivity index (χ4v) is 6.58. The predicted molar refractivity (Wildman–Crippen MR) is 145 cm³/mol. The number of carbonyl (C=O) groups is 2. The lowest BCUT2D eigenvalue weighted by Gasteiger charge is -2.26. The number of thiophene rings is 1. The maximum Gasteiger partial charge on any atom is 0.355 e. The number of hydrogen-bond acceptors (Lipinski definition) is 7. The van der Waals surface area contributed by atoms with Crippen LogP contribution in [0.2, 0.25) is 0 Å².